The minimum Gasteiger partial charge on any atom is -0.382 e. The molecule has 6 heteroatoms. The third-order valence-electron chi connectivity index (χ3n) is 2.26. The van der Waals surface area contributed by atoms with Gasteiger partial charge in [-0.05, 0) is 6.42 Å². The van der Waals surface area contributed by atoms with Crippen LogP contribution in [0, 0.1) is 0 Å². The smallest absolute Gasteiger partial charge is 0.256 e. The molecule has 1 saturated heterocycles. The Morgan fingerprint density at radius 2 is 2.50 bits per heavy atom. The van der Waals surface area contributed by atoms with Gasteiger partial charge in [0, 0.05) is 19.1 Å². The second-order valence-corrected chi connectivity index (χ2v) is 3.30. The van der Waals surface area contributed by atoms with Crippen LogP contribution in [0.1, 0.15) is 30.2 Å². The van der Waals surface area contributed by atoms with E-state index in [1.165, 1.54) is 0 Å². The standard InChI is InChI=1S/C8H13N3O3/c9-3-6(12)8-10-7(11-14-8)5-1-2-13-4-5/h5-6,12H,1-4,9H2/t5?,6-/m0/s1. The van der Waals surface area contributed by atoms with Crippen molar-refractivity contribution in [1.82, 2.24) is 10.1 Å². The first-order valence-corrected chi connectivity index (χ1v) is 4.60. The summed E-state index contributed by atoms with van der Waals surface area (Å²) < 4.78 is 10.1. The van der Waals surface area contributed by atoms with Crippen molar-refractivity contribution in [2.45, 2.75) is 18.4 Å². The SMILES string of the molecule is NC[C@H](O)c1nc(C2CCOC2)no1. The van der Waals surface area contributed by atoms with E-state index in [1.54, 1.807) is 0 Å². The maximum atomic E-state index is 9.33. The van der Waals surface area contributed by atoms with Crippen molar-refractivity contribution in [3.05, 3.63) is 11.7 Å². The van der Waals surface area contributed by atoms with Crippen molar-refractivity contribution in [2.24, 2.45) is 5.73 Å². The number of hydrogen-bond acceptors (Lipinski definition) is 6. The highest BCUT2D eigenvalue weighted by Crippen LogP contribution is 2.23. The Labute approximate surface area is 81.0 Å². The molecule has 0 saturated carbocycles. The van der Waals surface area contributed by atoms with Crippen molar-refractivity contribution in [2.75, 3.05) is 19.8 Å². The Balaban J connectivity index is 2.08. The third kappa shape index (κ3) is 1.77. The minimum atomic E-state index is -0.862. The van der Waals surface area contributed by atoms with Crippen molar-refractivity contribution >= 4 is 0 Å². The molecule has 1 fully saturated rings. The van der Waals surface area contributed by atoms with Crippen LogP contribution in [-0.4, -0.2) is 35.0 Å². The summed E-state index contributed by atoms with van der Waals surface area (Å²) in [6, 6.07) is 0. The van der Waals surface area contributed by atoms with Crippen LogP contribution in [-0.2, 0) is 4.74 Å². The maximum Gasteiger partial charge on any atom is 0.256 e. The molecule has 1 aromatic rings. The molecule has 1 aliphatic heterocycles. The van der Waals surface area contributed by atoms with Crippen LogP contribution >= 0.6 is 0 Å². The van der Waals surface area contributed by atoms with Gasteiger partial charge in [-0.2, -0.15) is 4.98 Å². The zero-order chi connectivity index (χ0) is 9.97. The quantitative estimate of drug-likeness (QED) is 0.685. The molecular weight excluding hydrogens is 186 g/mol. The highest BCUT2D eigenvalue weighted by Gasteiger charge is 2.24. The fourth-order valence-corrected chi connectivity index (χ4v) is 1.39. The molecule has 14 heavy (non-hydrogen) atoms. The summed E-state index contributed by atoms with van der Waals surface area (Å²) in [4.78, 5) is 4.08. The molecule has 6 nitrogen and oxygen atoms in total. The monoisotopic (exact) mass is 199 g/mol. The van der Waals surface area contributed by atoms with E-state index in [0.717, 1.165) is 13.0 Å². The molecule has 1 unspecified atom stereocenters. The van der Waals surface area contributed by atoms with Gasteiger partial charge in [0.05, 0.1) is 6.61 Å². The summed E-state index contributed by atoms with van der Waals surface area (Å²) in [5.74, 6) is 0.983. The van der Waals surface area contributed by atoms with Gasteiger partial charge in [-0.15, -0.1) is 0 Å². The van der Waals surface area contributed by atoms with Crippen molar-refractivity contribution in [3.63, 3.8) is 0 Å². The van der Waals surface area contributed by atoms with E-state index in [0.29, 0.717) is 12.4 Å². The number of nitrogens with two attached hydrogens (primary N) is 1. The van der Waals surface area contributed by atoms with E-state index >= 15 is 0 Å². The van der Waals surface area contributed by atoms with Gasteiger partial charge in [-0.1, -0.05) is 5.16 Å². The second-order valence-electron chi connectivity index (χ2n) is 3.30. The predicted molar refractivity (Wildman–Crippen MR) is 46.5 cm³/mol. The first-order chi connectivity index (χ1) is 6.81. The van der Waals surface area contributed by atoms with Crippen molar-refractivity contribution in [3.8, 4) is 0 Å². The lowest BCUT2D eigenvalue weighted by atomic mass is 10.1. The van der Waals surface area contributed by atoms with E-state index in [1.807, 2.05) is 0 Å². The Hall–Kier alpha value is -0.980. The number of aromatic nitrogens is 2. The lowest BCUT2D eigenvalue weighted by Gasteiger charge is -1.99. The Kier molecular flexibility index (Phi) is 2.76. The third-order valence-corrected chi connectivity index (χ3v) is 2.26. The van der Waals surface area contributed by atoms with Gasteiger partial charge in [0.1, 0.15) is 6.10 Å². The molecule has 0 amide bonds. The zero-order valence-corrected chi connectivity index (χ0v) is 7.72. The molecule has 0 bridgehead atoms. The van der Waals surface area contributed by atoms with Gasteiger partial charge in [0.15, 0.2) is 5.82 Å². The van der Waals surface area contributed by atoms with Gasteiger partial charge in [-0.25, -0.2) is 0 Å². The van der Waals surface area contributed by atoms with Gasteiger partial charge >= 0.3 is 0 Å². The summed E-state index contributed by atoms with van der Waals surface area (Å²) in [5, 5.41) is 13.1. The van der Waals surface area contributed by atoms with Crippen LogP contribution in [0.3, 0.4) is 0 Å². The van der Waals surface area contributed by atoms with Crippen LogP contribution in [0.15, 0.2) is 4.52 Å². The largest absolute Gasteiger partial charge is 0.382 e. The van der Waals surface area contributed by atoms with E-state index < -0.39 is 6.10 Å². The normalized spacial score (nSPS) is 24.0. The molecule has 0 aliphatic carbocycles. The van der Waals surface area contributed by atoms with Crippen LogP contribution in [0.25, 0.3) is 0 Å². The number of hydrogen-bond donors (Lipinski definition) is 2. The molecule has 78 valence electrons. The van der Waals surface area contributed by atoms with E-state index in [-0.39, 0.29) is 18.4 Å². The topological polar surface area (TPSA) is 94.4 Å². The van der Waals surface area contributed by atoms with Crippen LogP contribution < -0.4 is 5.73 Å². The average Bonchev–Trinajstić information content (AvgIpc) is 2.86. The summed E-state index contributed by atoms with van der Waals surface area (Å²) in [7, 11) is 0. The Morgan fingerprint density at radius 3 is 3.14 bits per heavy atom. The molecule has 1 aliphatic rings. The lowest BCUT2D eigenvalue weighted by Crippen LogP contribution is -2.12. The molecule has 0 radical (unpaired) electrons. The van der Waals surface area contributed by atoms with E-state index in [9.17, 15) is 5.11 Å². The molecule has 2 atom stereocenters. The fourth-order valence-electron chi connectivity index (χ4n) is 1.39. The number of aliphatic hydroxyl groups is 1. The first kappa shape index (κ1) is 9.57. The molecule has 2 rings (SSSR count). The van der Waals surface area contributed by atoms with E-state index in [2.05, 4.69) is 10.1 Å². The average molecular weight is 199 g/mol. The van der Waals surface area contributed by atoms with Gasteiger partial charge < -0.3 is 20.1 Å². The fraction of sp³-hybridized carbons (Fsp3) is 0.750. The van der Waals surface area contributed by atoms with Gasteiger partial charge in [0.2, 0.25) is 0 Å². The number of nitrogens with zero attached hydrogens (tertiary/aromatic N) is 2. The molecule has 0 aromatic carbocycles. The number of aliphatic hydroxyl groups excluding tert-OH is 1. The lowest BCUT2D eigenvalue weighted by molar-refractivity contribution is 0.141. The number of rotatable bonds is 3. The molecule has 3 N–H and O–H groups in total. The Bertz CT molecular complexity index is 296. The molecular formula is C8H13N3O3. The van der Waals surface area contributed by atoms with Gasteiger partial charge in [-0.3, -0.25) is 0 Å². The second kappa shape index (κ2) is 4.04. The number of ether oxygens (including phenoxy) is 1. The zero-order valence-electron chi connectivity index (χ0n) is 7.72. The van der Waals surface area contributed by atoms with Crippen LogP contribution in [0.4, 0.5) is 0 Å². The summed E-state index contributed by atoms with van der Waals surface area (Å²) in [6.07, 6.45) is 0.0381. The van der Waals surface area contributed by atoms with Crippen LogP contribution in [0.5, 0.6) is 0 Å². The Morgan fingerprint density at radius 1 is 1.64 bits per heavy atom. The van der Waals surface area contributed by atoms with Crippen molar-refractivity contribution < 1.29 is 14.4 Å². The highest BCUT2D eigenvalue weighted by molar-refractivity contribution is 4.98. The minimum absolute atomic E-state index is 0.0861. The van der Waals surface area contributed by atoms with Crippen LogP contribution in [0.2, 0.25) is 0 Å². The highest BCUT2D eigenvalue weighted by atomic mass is 16.5. The first-order valence-electron chi connectivity index (χ1n) is 4.60. The van der Waals surface area contributed by atoms with Crippen molar-refractivity contribution in [1.29, 1.82) is 0 Å². The molecule has 0 spiro atoms. The van der Waals surface area contributed by atoms with E-state index in [4.69, 9.17) is 15.0 Å². The maximum absolute atomic E-state index is 9.33. The summed E-state index contributed by atoms with van der Waals surface area (Å²) in [5.41, 5.74) is 5.26. The molecule has 2 heterocycles. The summed E-state index contributed by atoms with van der Waals surface area (Å²) in [6.45, 7) is 1.44. The van der Waals surface area contributed by atoms with Gasteiger partial charge in [0.25, 0.3) is 5.89 Å². The summed E-state index contributed by atoms with van der Waals surface area (Å²) >= 11 is 0. The predicted octanol–water partition coefficient (Wildman–Crippen LogP) is -0.434. The molecule has 1 aromatic heterocycles.